The first-order valence-corrected chi connectivity index (χ1v) is 5.08. The van der Waals surface area contributed by atoms with Gasteiger partial charge < -0.3 is 21.7 Å². The summed E-state index contributed by atoms with van der Waals surface area (Å²) in [5.41, 5.74) is 10.3. The van der Waals surface area contributed by atoms with E-state index in [1.54, 1.807) is 27.7 Å². The van der Waals surface area contributed by atoms with Crippen molar-refractivity contribution in [3.63, 3.8) is 0 Å². The van der Waals surface area contributed by atoms with E-state index in [1.807, 2.05) is 0 Å². The molecule has 0 aromatic carbocycles. The molecule has 0 saturated heterocycles. The summed E-state index contributed by atoms with van der Waals surface area (Å²) < 4.78 is 0. The van der Waals surface area contributed by atoms with Crippen molar-refractivity contribution in [1.82, 2.24) is 0 Å². The van der Waals surface area contributed by atoms with Crippen LogP contribution in [-0.2, 0) is 26.4 Å². The Balaban J connectivity index is -0.000000218. The minimum Gasteiger partial charge on any atom is -0.480 e. The summed E-state index contributed by atoms with van der Waals surface area (Å²) in [6.07, 6.45) is 0. The molecule has 0 rings (SSSR count). The summed E-state index contributed by atoms with van der Waals surface area (Å²) in [5, 5.41) is 16.5. The van der Waals surface area contributed by atoms with Crippen LogP contribution in [0.15, 0.2) is 0 Å². The number of rotatable bonds is 4. The molecule has 2 atom stereocenters. The van der Waals surface area contributed by atoms with E-state index in [2.05, 4.69) is 0 Å². The van der Waals surface area contributed by atoms with E-state index < -0.39 is 24.0 Å². The van der Waals surface area contributed by atoms with Crippen LogP contribution in [0.25, 0.3) is 0 Å². The zero-order valence-corrected chi connectivity index (χ0v) is 11.5. The van der Waals surface area contributed by atoms with Gasteiger partial charge in [0, 0.05) is 16.8 Å². The normalized spacial score (nSPS) is 13.2. The minimum atomic E-state index is -0.931. The number of hydrogen-bond donors (Lipinski definition) is 4. The van der Waals surface area contributed by atoms with Gasteiger partial charge in [-0.3, -0.25) is 9.59 Å². The van der Waals surface area contributed by atoms with E-state index in [9.17, 15) is 9.59 Å². The van der Waals surface area contributed by atoms with Gasteiger partial charge in [-0.2, -0.15) is 0 Å². The molecule has 0 fully saturated rings. The topological polar surface area (TPSA) is 127 Å². The maximum Gasteiger partial charge on any atom is 0.320 e. The fourth-order valence-electron chi connectivity index (χ4n) is 0.570. The fourth-order valence-corrected chi connectivity index (χ4v) is 0.570. The number of carboxylic acid groups (broad SMARTS) is 2. The van der Waals surface area contributed by atoms with Crippen molar-refractivity contribution in [1.29, 1.82) is 0 Å². The third-order valence-electron chi connectivity index (χ3n) is 2.01. The second-order valence-electron chi connectivity index (χ2n) is 4.22. The van der Waals surface area contributed by atoms with Gasteiger partial charge in [0.2, 0.25) is 0 Å². The molecule has 105 valence electrons. The molecule has 0 spiro atoms. The van der Waals surface area contributed by atoms with Crippen molar-refractivity contribution >= 4 is 11.9 Å². The van der Waals surface area contributed by atoms with Gasteiger partial charge in [0.1, 0.15) is 12.1 Å². The van der Waals surface area contributed by atoms with Crippen LogP contribution in [0.2, 0.25) is 0 Å². The average Bonchev–Trinajstić information content (AvgIpc) is 2.15. The van der Waals surface area contributed by atoms with Crippen molar-refractivity contribution in [3.05, 3.63) is 0 Å². The van der Waals surface area contributed by atoms with Crippen LogP contribution in [0.3, 0.4) is 0 Å². The standard InChI is InChI=1S/2C5H11NO2.Co/c2*1-3(2)4(6)5(7)8;/h2*3-4H,6H2,1-2H3,(H,7,8);/t2*4-;/m00./s1. The number of aliphatic carboxylic acids is 2. The van der Waals surface area contributed by atoms with Crippen LogP contribution in [-0.4, -0.2) is 34.2 Å². The SMILES string of the molecule is CC(C)[C@H](N)C(=O)O.CC(C)[C@H](N)C(=O)O.[Co]. The molecule has 0 amide bonds. The van der Waals surface area contributed by atoms with Crippen molar-refractivity contribution in [2.75, 3.05) is 0 Å². The fraction of sp³-hybridized carbons (Fsp3) is 0.800. The first-order valence-electron chi connectivity index (χ1n) is 5.08. The van der Waals surface area contributed by atoms with Crippen LogP contribution in [0.4, 0.5) is 0 Å². The Labute approximate surface area is 112 Å². The van der Waals surface area contributed by atoms with Gasteiger partial charge in [-0.1, -0.05) is 27.7 Å². The molecule has 6 N–H and O–H groups in total. The Morgan fingerprint density at radius 3 is 1.00 bits per heavy atom. The molecular weight excluding hydrogens is 271 g/mol. The molecule has 0 aliphatic carbocycles. The third-order valence-corrected chi connectivity index (χ3v) is 2.01. The van der Waals surface area contributed by atoms with Crippen molar-refractivity contribution in [2.24, 2.45) is 23.3 Å². The summed E-state index contributed by atoms with van der Waals surface area (Å²) in [6, 6.07) is -1.43. The quantitative estimate of drug-likeness (QED) is 0.582. The second-order valence-corrected chi connectivity index (χ2v) is 4.22. The molecule has 0 aliphatic rings. The average molecular weight is 293 g/mol. The molecule has 0 saturated carbocycles. The number of carbonyl (C=O) groups is 2. The zero-order valence-electron chi connectivity index (χ0n) is 10.5. The molecule has 0 aliphatic heterocycles. The monoisotopic (exact) mass is 293 g/mol. The summed E-state index contributed by atoms with van der Waals surface area (Å²) in [5.74, 6) is -1.82. The molecule has 0 bridgehead atoms. The van der Waals surface area contributed by atoms with Crippen molar-refractivity contribution < 1.29 is 36.6 Å². The van der Waals surface area contributed by atoms with Gasteiger partial charge in [0.05, 0.1) is 0 Å². The Hall–Kier alpha value is -0.634. The van der Waals surface area contributed by atoms with Crippen molar-refractivity contribution in [2.45, 2.75) is 39.8 Å². The van der Waals surface area contributed by atoms with Crippen LogP contribution in [0, 0.1) is 11.8 Å². The Kier molecular flexibility index (Phi) is 13.4. The van der Waals surface area contributed by atoms with E-state index >= 15 is 0 Å². The molecule has 0 aromatic rings. The van der Waals surface area contributed by atoms with Gasteiger partial charge in [-0.15, -0.1) is 0 Å². The smallest absolute Gasteiger partial charge is 0.320 e. The number of nitrogens with two attached hydrogens (primary N) is 2. The largest absolute Gasteiger partial charge is 0.480 e. The molecule has 0 unspecified atom stereocenters. The zero-order chi connectivity index (χ0) is 13.5. The Bertz CT molecular complexity index is 210. The summed E-state index contributed by atoms with van der Waals surface area (Å²) in [6.45, 7) is 7.11. The molecule has 0 heterocycles. The maximum atomic E-state index is 10.0. The van der Waals surface area contributed by atoms with E-state index in [-0.39, 0.29) is 28.6 Å². The first kappa shape index (κ1) is 21.6. The maximum absolute atomic E-state index is 10.0. The number of carboxylic acids is 2. The van der Waals surface area contributed by atoms with Gasteiger partial charge in [-0.25, -0.2) is 0 Å². The summed E-state index contributed by atoms with van der Waals surface area (Å²) >= 11 is 0. The van der Waals surface area contributed by atoms with E-state index in [0.29, 0.717) is 0 Å². The van der Waals surface area contributed by atoms with Gasteiger partial charge >= 0.3 is 11.9 Å². The predicted octanol–water partition coefficient (Wildman–Crippen LogP) is 0.106. The van der Waals surface area contributed by atoms with Crippen LogP contribution >= 0.6 is 0 Å². The van der Waals surface area contributed by atoms with E-state index in [4.69, 9.17) is 21.7 Å². The van der Waals surface area contributed by atoms with Crippen molar-refractivity contribution in [3.8, 4) is 0 Å². The number of hydrogen-bond acceptors (Lipinski definition) is 4. The molecule has 7 heteroatoms. The van der Waals surface area contributed by atoms with Gasteiger partial charge in [-0.05, 0) is 11.8 Å². The minimum absolute atomic E-state index is 0. The second kappa shape index (κ2) is 10.5. The predicted molar refractivity (Wildman–Crippen MR) is 60.9 cm³/mol. The summed E-state index contributed by atoms with van der Waals surface area (Å²) in [7, 11) is 0. The van der Waals surface area contributed by atoms with Crippen LogP contribution < -0.4 is 11.5 Å². The van der Waals surface area contributed by atoms with Crippen LogP contribution in [0.5, 0.6) is 0 Å². The van der Waals surface area contributed by atoms with E-state index in [0.717, 1.165) is 0 Å². The molecule has 1 radical (unpaired) electrons. The molecule has 6 nitrogen and oxygen atoms in total. The Morgan fingerprint density at radius 2 is 1.00 bits per heavy atom. The van der Waals surface area contributed by atoms with Crippen LogP contribution in [0.1, 0.15) is 27.7 Å². The first-order chi connectivity index (χ1) is 7.11. The van der Waals surface area contributed by atoms with E-state index in [1.165, 1.54) is 0 Å². The molecule has 17 heavy (non-hydrogen) atoms. The molecule has 0 aromatic heterocycles. The molecular formula is C10H22CoN2O4. The van der Waals surface area contributed by atoms with Gasteiger partial charge in [0.25, 0.3) is 0 Å². The third kappa shape index (κ3) is 11.6. The summed E-state index contributed by atoms with van der Waals surface area (Å²) in [4.78, 5) is 20.0. The Morgan fingerprint density at radius 1 is 0.824 bits per heavy atom. The van der Waals surface area contributed by atoms with Gasteiger partial charge in [0.15, 0.2) is 0 Å².